The molecule has 0 fully saturated rings. The first-order valence-corrected chi connectivity index (χ1v) is 5.53. The number of aryl methyl sites for hydroxylation is 1. The highest BCUT2D eigenvalue weighted by molar-refractivity contribution is 6.29. The Hall–Kier alpha value is -1.94. The van der Waals surface area contributed by atoms with E-state index < -0.39 is 0 Å². The van der Waals surface area contributed by atoms with Crippen LogP contribution in [0.4, 0.5) is 0 Å². The molecule has 0 unspecified atom stereocenters. The van der Waals surface area contributed by atoms with Crippen LogP contribution in [0.3, 0.4) is 0 Å². The predicted octanol–water partition coefficient (Wildman–Crippen LogP) is 2.75. The number of rotatable bonds is 1. The average molecular weight is 245 g/mol. The molecule has 4 nitrogen and oxygen atoms in total. The molecule has 3 rings (SSSR count). The van der Waals surface area contributed by atoms with Crippen LogP contribution < -0.4 is 0 Å². The van der Waals surface area contributed by atoms with Crippen molar-refractivity contribution in [2.45, 2.75) is 6.92 Å². The summed E-state index contributed by atoms with van der Waals surface area (Å²) >= 11 is 5.85. The van der Waals surface area contributed by atoms with Crippen molar-refractivity contribution < 1.29 is 0 Å². The number of nitrogens with zero attached hydrogens (tertiary/aromatic N) is 4. The molecule has 0 radical (unpaired) electrons. The van der Waals surface area contributed by atoms with Crippen molar-refractivity contribution in [2.24, 2.45) is 0 Å². The zero-order valence-electron chi connectivity index (χ0n) is 9.13. The summed E-state index contributed by atoms with van der Waals surface area (Å²) in [4.78, 5) is 12.5. The van der Waals surface area contributed by atoms with Crippen LogP contribution in [0.5, 0.6) is 0 Å². The molecule has 0 amide bonds. The summed E-state index contributed by atoms with van der Waals surface area (Å²) < 4.78 is 1.97. The Balaban J connectivity index is 2.17. The number of hydrogen-bond donors (Lipinski definition) is 0. The van der Waals surface area contributed by atoms with Crippen molar-refractivity contribution in [1.82, 2.24) is 19.4 Å². The van der Waals surface area contributed by atoms with Gasteiger partial charge in [-0.05, 0) is 19.1 Å². The number of halogens is 1. The fraction of sp³-hybridized carbons (Fsp3) is 0.0833. The molecule has 0 aliphatic carbocycles. The van der Waals surface area contributed by atoms with Gasteiger partial charge in [-0.1, -0.05) is 11.6 Å². The van der Waals surface area contributed by atoms with Crippen LogP contribution in [-0.2, 0) is 0 Å². The van der Waals surface area contributed by atoms with Crippen molar-refractivity contribution in [3.8, 4) is 11.3 Å². The lowest BCUT2D eigenvalue weighted by Crippen LogP contribution is -1.88. The summed E-state index contributed by atoms with van der Waals surface area (Å²) in [6, 6.07) is 5.70. The van der Waals surface area contributed by atoms with Crippen molar-refractivity contribution in [3.05, 3.63) is 47.8 Å². The quantitative estimate of drug-likeness (QED) is 0.618. The maximum Gasteiger partial charge on any atom is 0.137 e. The number of hydrogen-bond acceptors (Lipinski definition) is 3. The van der Waals surface area contributed by atoms with Gasteiger partial charge in [-0.25, -0.2) is 15.0 Å². The molecule has 0 atom stereocenters. The van der Waals surface area contributed by atoms with Gasteiger partial charge in [0.15, 0.2) is 0 Å². The molecule has 0 N–H and O–H groups in total. The Morgan fingerprint density at radius 1 is 1.24 bits per heavy atom. The molecule has 17 heavy (non-hydrogen) atoms. The average Bonchev–Trinajstić information content (AvgIpc) is 2.68. The molecule has 3 heterocycles. The highest BCUT2D eigenvalue weighted by atomic mass is 35.5. The van der Waals surface area contributed by atoms with Crippen molar-refractivity contribution in [3.63, 3.8) is 0 Å². The second-order valence-electron chi connectivity index (χ2n) is 3.79. The lowest BCUT2D eigenvalue weighted by atomic mass is 10.2. The predicted molar refractivity (Wildman–Crippen MR) is 66.0 cm³/mol. The van der Waals surface area contributed by atoms with E-state index in [1.165, 1.54) is 6.33 Å². The van der Waals surface area contributed by atoms with Gasteiger partial charge < -0.3 is 4.40 Å². The Kier molecular flexibility index (Phi) is 2.30. The van der Waals surface area contributed by atoms with Gasteiger partial charge in [0.2, 0.25) is 0 Å². The van der Waals surface area contributed by atoms with E-state index in [0.29, 0.717) is 5.15 Å². The van der Waals surface area contributed by atoms with Crippen LogP contribution in [0.25, 0.3) is 16.9 Å². The van der Waals surface area contributed by atoms with E-state index in [4.69, 9.17) is 11.6 Å². The minimum Gasteiger partial charge on any atom is -0.307 e. The minimum atomic E-state index is 0.439. The summed E-state index contributed by atoms with van der Waals surface area (Å²) in [5.74, 6) is 0. The van der Waals surface area contributed by atoms with Gasteiger partial charge in [0.1, 0.15) is 17.1 Å². The summed E-state index contributed by atoms with van der Waals surface area (Å²) in [7, 11) is 0. The first kappa shape index (κ1) is 10.2. The van der Waals surface area contributed by atoms with E-state index in [9.17, 15) is 0 Å². The van der Waals surface area contributed by atoms with Gasteiger partial charge in [0.05, 0.1) is 11.4 Å². The topological polar surface area (TPSA) is 43.1 Å². The molecular weight excluding hydrogens is 236 g/mol. The second-order valence-corrected chi connectivity index (χ2v) is 4.18. The van der Waals surface area contributed by atoms with E-state index in [1.807, 2.05) is 35.9 Å². The monoisotopic (exact) mass is 244 g/mol. The SMILES string of the molecule is Cc1cn2ccc(-c3cc(Cl)ncn3)cc2n1. The lowest BCUT2D eigenvalue weighted by Gasteiger charge is -2.01. The molecule has 84 valence electrons. The summed E-state index contributed by atoms with van der Waals surface area (Å²) in [6.45, 7) is 1.97. The summed E-state index contributed by atoms with van der Waals surface area (Å²) in [6.07, 6.45) is 5.39. The van der Waals surface area contributed by atoms with E-state index in [2.05, 4.69) is 15.0 Å². The molecule has 3 aromatic rings. The van der Waals surface area contributed by atoms with Crippen LogP contribution in [0.15, 0.2) is 36.9 Å². The van der Waals surface area contributed by atoms with Gasteiger partial charge in [-0.15, -0.1) is 0 Å². The van der Waals surface area contributed by atoms with Crippen LogP contribution in [0.1, 0.15) is 5.69 Å². The number of aromatic nitrogens is 4. The van der Waals surface area contributed by atoms with Crippen LogP contribution >= 0.6 is 11.6 Å². The third-order valence-electron chi connectivity index (χ3n) is 2.51. The van der Waals surface area contributed by atoms with Crippen LogP contribution in [-0.4, -0.2) is 19.4 Å². The fourth-order valence-electron chi connectivity index (χ4n) is 1.76. The van der Waals surface area contributed by atoms with Gasteiger partial charge in [-0.2, -0.15) is 0 Å². The molecule has 5 heteroatoms. The Morgan fingerprint density at radius 2 is 2.12 bits per heavy atom. The zero-order valence-corrected chi connectivity index (χ0v) is 9.89. The molecule has 0 saturated carbocycles. The Morgan fingerprint density at radius 3 is 2.94 bits per heavy atom. The first-order chi connectivity index (χ1) is 8.22. The third kappa shape index (κ3) is 1.87. The van der Waals surface area contributed by atoms with Crippen LogP contribution in [0, 0.1) is 6.92 Å². The molecule has 0 saturated heterocycles. The molecule has 0 aliphatic heterocycles. The summed E-state index contributed by atoms with van der Waals surface area (Å²) in [5, 5.41) is 0.439. The van der Waals surface area contributed by atoms with E-state index in [0.717, 1.165) is 22.6 Å². The molecule has 0 aromatic carbocycles. The van der Waals surface area contributed by atoms with E-state index >= 15 is 0 Å². The number of pyridine rings is 1. The Bertz CT molecular complexity index is 690. The minimum absolute atomic E-state index is 0.439. The maximum absolute atomic E-state index is 5.85. The van der Waals surface area contributed by atoms with Gasteiger partial charge in [0.25, 0.3) is 0 Å². The standard InChI is InChI=1S/C12H9ClN4/c1-8-6-17-3-2-9(4-12(17)16-8)10-5-11(13)15-7-14-10/h2-7H,1H3. The fourth-order valence-corrected chi connectivity index (χ4v) is 1.91. The number of fused-ring (bicyclic) bond motifs is 1. The molecular formula is C12H9ClN4. The normalized spacial score (nSPS) is 10.9. The highest BCUT2D eigenvalue weighted by Crippen LogP contribution is 2.20. The first-order valence-electron chi connectivity index (χ1n) is 5.16. The van der Waals surface area contributed by atoms with E-state index in [1.54, 1.807) is 6.07 Å². The Labute approximate surface area is 103 Å². The maximum atomic E-state index is 5.85. The summed E-state index contributed by atoms with van der Waals surface area (Å²) in [5.41, 5.74) is 3.66. The second kappa shape index (κ2) is 3.82. The third-order valence-corrected chi connectivity index (χ3v) is 2.72. The van der Waals surface area contributed by atoms with Gasteiger partial charge in [-0.3, -0.25) is 0 Å². The van der Waals surface area contributed by atoms with E-state index in [-0.39, 0.29) is 0 Å². The van der Waals surface area contributed by atoms with Gasteiger partial charge in [0, 0.05) is 24.0 Å². The van der Waals surface area contributed by atoms with Crippen LogP contribution in [0.2, 0.25) is 5.15 Å². The molecule has 0 spiro atoms. The van der Waals surface area contributed by atoms with Gasteiger partial charge >= 0.3 is 0 Å². The number of imidazole rings is 1. The zero-order chi connectivity index (χ0) is 11.8. The lowest BCUT2D eigenvalue weighted by molar-refractivity contribution is 1.15. The molecule has 3 aromatic heterocycles. The smallest absolute Gasteiger partial charge is 0.137 e. The molecule has 0 aliphatic rings. The highest BCUT2D eigenvalue weighted by Gasteiger charge is 2.03. The molecule has 0 bridgehead atoms. The van der Waals surface area contributed by atoms with Crippen molar-refractivity contribution >= 4 is 17.2 Å². The van der Waals surface area contributed by atoms with Crippen molar-refractivity contribution in [2.75, 3.05) is 0 Å². The largest absolute Gasteiger partial charge is 0.307 e. The van der Waals surface area contributed by atoms with Crippen molar-refractivity contribution in [1.29, 1.82) is 0 Å².